The van der Waals surface area contributed by atoms with Crippen molar-refractivity contribution in [1.29, 1.82) is 0 Å². The first kappa shape index (κ1) is 15.7. The molecule has 1 fully saturated rings. The van der Waals surface area contributed by atoms with Gasteiger partial charge in [-0.3, -0.25) is 4.79 Å². The molecular formula is C15H19F3N2O. The fourth-order valence-corrected chi connectivity index (χ4v) is 2.32. The molecule has 0 aliphatic heterocycles. The van der Waals surface area contributed by atoms with Crippen LogP contribution in [-0.2, 0) is 6.18 Å². The molecule has 116 valence electrons. The third kappa shape index (κ3) is 3.49. The molecule has 1 aromatic carbocycles. The second-order valence-corrected chi connectivity index (χ2v) is 5.54. The Morgan fingerprint density at radius 3 is 2.48 bits per heavy atom. The minimum absolute atomic E-state index is 0.0271. The highest BCUT2D eigenvalue weighted by Crippen LogP contribution is 2.47. The van der Waals surface area contributed by atoms with E-state index in [2.05, 4.69) is 17.6 Å². The normalized spacial score (nSPS) is 16.4. The summed E-state index contributed by atoms with van der Waals surface area (Å²) in [6.07, 6.45) is -1.37. The van der Waals surface area contributed by atoms with Crippen molar-refractivity contribution in [3.63, 3.8) is 0 Å². The Kier molecular flexibility index (Phi) is 4.16. The Labute approximate surface area is 121 Å². The molecule has 1 saturated carbocycles. The Bertz CT molecular complexity index is 536. The summed E-state index contributed by atoms with van der Waals surface area (Å²) in [7, 11) is 1.58. The van der Waals surface area contributed by atoms with Crippen molar-refractivity contribution in [2.24, 2.45) is 5.41 Å². The van der Waals surface area contributed by atoms with Gasteiger partial charge in [-0.1, -0.05) is 6.92 Å². The minimum atomic E-state index is -4.46. The number of anilines is 1. The van der Waals surface area contributed by atoms with Crippen LogP contribution in [-0.4, -0.2) is 19.5 Å². The molecule has 21 heavy (non-hydrogen) atoms. The van der Waals surface area contributed by atoms with Crippen molar-refractivity contribution in [2.75, 3.05) is 18.9 Å². The van der Waals surface area contributed by atoms with Gasteiger partial charge in [0.15, 0.2) is 0 Å². The summed E-state index contributed by atoms with van der Waals surface area (Å²) in [6.45, 7) is 2.57. The lowest BCUT2D eigenvalue weighted by molar-refractivity contribution is -0.137. The van der Waals surface area contributed by atoms with E-state index < -0.39 is 17.6 Å². The van der Waals surface area contributed by atoms with E-state index in [9.17, 15) is 18.0 Å². The maximum atomic E-state index is 12.8. The van der Waals surface area contributed by atoms with E-state index >= 15 is 0 Å². The number of hydrogen-bond donors (Lipinski definition) is 2. The zero-order valence-electron chi connectivity index (χ0n) is 12.1. The molecule has 1 aliphatic carbocycles. The van der Waals surface area contributed by atoms with Crippen LogP contribution in [0.2, 0.25) is 0 Å². The van der Waals surface area contributed by atoms with Gasteiger partial charge in [0, 0.05) is 19.3 Å². The molecule has 0 bridgehead atoms. The summed E-state index contributed by atoms with van der Waals surface area (Å²) in [5.41, 5.74) is -0.249. The van der Waals surface area contributed by atoms with Gasteiger partial charge in [-0.15, -0.1) is 0 Å². The van der Waals surface area contributed by atoms with E-state index in [1.54, 1.807) is 7.05 Å². The number of carbonyl (C=O) groups is 1. The zero-order valence-corrected chi connectivity index (χ0v) is 12.1. The molecule has 0 unspecified atom stereocenters. The van der Waals surface area contributed by atoms with Crippen molar-refractivity contribution in [2.45, 2.75) is 32.4 Å². The highest BCUT2D eigenvalue weighted by atomic mass is 19.4. The molecule has 0 spiro atoms. The number of rotatable bonds is 5. The van der Waals surface area contributed by atoms with Crippen LogP contribution in [0.15, 0.2) is 18.2 Å². The summed E-state index contributed by atoms with van der Waals surface area (Å²) in [5.74, 6) is -0.467. The molecular weight excluding hydrogens is 281 g/mol. The SMILES string of the molecule is CCC1(CNC(=O)c2cc(C(F)(F)F)ccc2NC)CC1. The van der Waals surface area contributed by atoms with Gasteiger partial charge in [0.25, 0.3) is 5.91 Å². The molecule has 0 aromatic heterocycles. The Balaban J connectivity index is 2.18. The largest absolute Gasteiger partial charge is 0.416 e. The summed E-state index contributed by atoms with van der Waals surface area (Å²) < 4.78 is 38.3. The van der Waals surface area contributed by atoms with Crippen LogP contribution >= 0.6 is 0 Å². The Morgan fingerprint density at radius 1 is 1.33 bits per heavy atom. The molecule has 0 saturated heterocycles. The first-order valence-electron chi connectivity index (χ1n) is 6.98. The molecule has 1 amide bonds. The summed E-state index contributed by atoms with van der Waals surface area (Å²) in [4.78, 5) is 12.2. The van der Waals surface area contributed by atoms with Gasteiger partial charge in [0.2, 0.25) is 0 Å². The lowest BCUT2D eigenvalue weighted by Crippen LogP contribution is -2.30. The van der Waals surface area contributed by atoms with Crippen LogP contribution in [0.3, 0.4) is 0 Å². The highest BCUT2D eigenvalue weighted by Gasteiger charge is 2.40. The number of nitrogens with one attached hydrogen (secondary N) is 2. The van der Waals surface area contributed by atoms with Crippen LogP contribution in [0.4, 0.5) is 18.9 Å². The maximum absolute atomic E-state index is 12.8. The van der Waals surface area contributed by atoms with Crippen LogP contribution in [0.1, 0.15) is 42.1 Å². The fourth-order valence-electron chi connectivity index (χ4n) is 2.32. The van der Waals surface area contributed by atoms with Crippen molar-refractivity contribution < 1.29 is 18.0 Å². The van der Waals surface area contributed by atoms with E-state index in [1.165, 1.54) is 6.07 Å². The third-order valence-corrected chi connectivity index (χ3v) is 4.19. The molecule has 0 radical (unpaired) electrons. The monoisotopic (exact) mass is 300 g/mol. The van der Waals surface area contributed by atoms with Crippen molar-refractivity contribution in [3.8, 4) is 0 Å². The number of carbonyl (C=O) groups excluding carboxylic acids is 1. The molecule has 6 heteroatoms. The number of hydrogen-bond acceptors (Lipinski definition) is 2. The summed E-state index contributed by atoms with van der Waals surface area (Å²) in [5, 5.41) is 5.51. The number of halogens is 3. The van der Waals surface area contributed by atoms with Gasteiger partial charge in [-0.25, -0.2) is 0 Å². The van der Waals surface area contributed by atoms with Gasteiger partial charge >= 0.3 is 6.18 Å². The smallest absolute Gasteiger partial charge is 0.387 e. The molecule has 2 N–H and O–H groups in total. The van der Waals surface area contributed by atoms with Gasteiger partial charge in [-0.2, -0.15) is 13.2 Å². The van der Waals surface area contributed by atoms with Crippen LogP contribution in [0.25, 0.3) is 0 Å². The van der Waals surface area contributed by atoms with Gasteiger partial charge in [-0.05, 0) is 42.9 Å². The van der Waals surface area contributed by atoms with Gasteiger partial charge < -0.3 is 10.6 Å². The third-order valence-electron chi connectivity index (χ3n) is 4.19. The molecule has 0 atom stereocenters. The predicted molar refractivity (Wildman–Crippen MR) is 75.3 cm³/mol. The maximum Gasteiger partial charge on any atom is 0.416 e. The van der Waals surface area contributed by atoms with E-state index in [0.29, 0.717) is 12.2 Å². The molecule has 3 nitrogen and oxygen atoms in total. The van der Waals surface area contributed by atoms with Crippen LogP contribution in [0, 0.1) is 5.41 Å². The quantitative estimate of drug-likeness (QED) is 0.871. The second kappa shape index (κ2) is 5.58. The van der Waals surface area contributed by atoms with Crippen molar-refractivity contribution in [1.82, 2.24) is 5.32 Å². The Hall–Kier alpha value is -1.72. The minimum Gasteiger partial charge on any atom is -0.387 e. The summed E-state index contributed by atoms with van der Waals surface area (Å²) in [6, 6.07) is 3.15. The first-order chi connectivity index (χ1) is 9.81. The fraction of sp³-hybridized carbons (Fsp3) is 0.533. The standard InChI is InChI=1S/C15H19F3N2O/c1-3-14(6-7-14)9-20-13(21)11-8-10(15(16,17)18)4-5-12(11)19-2/h4-5,8,19H,3,6-7,9H2,1-2H3,(H,20,21). The lowest BCUT2D eigenvalue weighted by atomic mass is 10.0. The van der Waals surface area contributed by atoms with E-state index in [1.807, 2.05) is 0 Å². The summed E-state index contributed by atoms with van der Waals surface area (Å²) >= 11 is 0. The lowest BCUT2D eigenvalue weighted by Gasteiger charge is -2.16. The molecule has 1 aliphatic rings. The molecule has 2 rings (SSSR count). The zero-order chi connectivity index (χ0) is 15.7. The van der Waals surface area contributed by atoms with Crippen LogP contribution < -0.4 is 10.6 Å². The molecule has 1 aromatic rings. The highest BCUT2D eigenvalue weighted by molar-refractivity contribution is 5.99. The first-order valence-corrected chi connectivity index (χ1v) is 6.98. The average Bonchev–Trinajstić information content (AvgIpc) is 3.23. The molecule has 0 heterocycles. The van der Waals surface area contributed by atoms with Gasteiger partial charge in [0.05, 0.1) is 11.1 Å². The topological polar surface area (TPSA) is 41.1 Å². The van der Waals surface area contributed by atoms with E-state index in [-0.39, 0.29) is 11.0 Å². The number of amides is 1. The second-order valence-electron chi connectivity index (χ2n) is 5.54. The van der Waals surface area contributed by atoms with Crippen molar-refractivity contribution in [3.05, 3.63) is 29.3 Å². The van der Waals surface area contributed by atoms with Crippen LogP contribution in [0.5, 0.6) is 0 Å². The number of benzene rings is 1. The van der Waals surface area contributed by atoms with E-state index in [4.69, 9.17) is 0 Å². The Morgan fingerprint density at radius 2 is 2.00 bits per heavy atom. The average molecular weight is 300 g/mol. The van der Waals surface area contributed by atoms with Gasteiger partial charge in [0.1, 0.15) is 0 Å². The van der Waals surface area contributed by atoms with E-state index in [0.717, 1.165) is 31.4 Å². The van der Waals surface area contributed by atoms with Crippen molar-refractivity contribution >= 4 is 11.6 Å². The predicted octanol–water partition coefficient (Wildman–Crippen LogP) is 3.67. The number of alkyl halides is 3.